The molecule has 6 heteroatoms. The molecule has 0 N–H and O–H groups in total. The molecule has 1 aliphatic rings. The van der Waals surface area contributed by atoms with Gasteiger partial charge in [-0.25, -0.2) is 0 Å². The molecule has 1 aliphatic carbocycles. The van der Waals surface area contributed by atoms with Crippen LogP contribution in [0.2, 0.25) is 0 Å². The highest BCUT2D eigenvalue weighted by atomic mass is 16.5. The summed E-state index contributed by atoms with van der Waals surface area (Å²) in [5.74, 6) is 0.558. The van der Waals surface area contributed by atoms with Gasteiger partial charge in [0, 0.05) is 18.0 Å². The SMILES string of the molecule is CCOC(=O)C1(c2nc(-c3ccncc3)no2)CCC1. The van der Waals surface area contributed by atoms with Crippen molar-refractivity contribution in [3.8, 4) is 11.4 Å². The van der Waals surface area contributed by atoms with Gasteiger partial charge in [-0.05, 0) is 31.9 Å². The van der Waals surface area contributed by atoms with Crippen LogP contribution in [0.15, 0.2) is 29.0 Å². The normalized spacial score (nSPS) is 16.4. The van der Waals surface area contributed by atoms with Crippen LogP contribution in [0.25, 0.3) is 11.4 Å². The van der Waals surface area contributed by atoms with Gasteiger partial charge in [0.25, 0.3) is 0 Å². The third-order valence-electron chi connectivity index (χ3n) is 3.65. The Labute approximate surface area is 116 Å². The molecule has 0 saturated heterocycles. The van der Waals surface area contributed by atoms with E-state index in [1.165, 1.54) is 0 Å². The minimum absolute atomic E-state index is 0.267. The van der Waals surface area contributed by atoms with Gasteiger partial charge < -0.3 is 9.26 Å². The standard InChI is InChI=1S/C14H15N3O3/c1-2-19-13(18)14(6-3-7-14)12-16-11(17-20-12)10-4-8-15-9-5-10/h4-5,8-9H,2-3,6-7H2,1H3. The molecule has 0 bridgehead atoms. The molecule has 1 saturated carbocycles. The van der Waals surface area contributed by atoms with Crippen molar-refractivity contribution in [1.29, 1.82) is 0 Å². The summed E-state index contributed by atoms with van der Waals surface area (Å²) in [5, 5.41) is 3.96. The van der Waals surface area contributed by atoms with Crippen LogP contribution in [-0.2, 0) is 14.9 Å². The molecule has 0 unspecified atom stereocenters. The van der Waals surface area contributed by atoms with Crippen LogP contribution in [-0.4, -0.2) is 27.7 Å². The van der Waals surface area contributed by atoms with Crippen molar-refractivity contribution < 1.29 is 14.1 Å². The number of aromatic nitrogens is 3. The lowest BCUT2D eigenvalue weighted by Gasteiger charge is -2.35. The number of hydrogen-bond acceptors (Lipinski definition) is 6. The molecule has 6 nitrogen and oxygen atoms in total. The monoisotopic (exact) mass is 273 g/mol. The first kappa shape index (κ1) is 12.8. The summed E-state index contributed by atoms with van der Waals surface area (Å²) in [6.07, 6.45) is 5.69. The highest BCUT2D eigenvalue weighted by Crippen LogP contribution is 2.44. The topological polar surface area (TPSA) is 78.1 Å². The Bertz CT molecular complexity index is 605. The maximum atomic E-state index is 12.1. The predicted octanol–water partition coefficient (Wildman–Crippen LogP) is 2.12. The molecule has 2 heterocycles. The van der Waals surface area contributed by atoms with Gasteiger partial charge in [0.1, 0.15) is 5.41 Å². The summed E-state index contributed by atoms with van der Waals surface area (Å²) in [6, 6.07) is 3.60. The molecular formula is C14H15N3O3. The van der Waals surface area contributed by atoms with Gasteiger partial charge in [0.15, 0.2) is 0 Å². The number of carbonyl (C=O) groups excluding carboxylic acids is 1. The number of rotatable bonds is 4. The molecule has 20 heavy (non-hydrogen) atoms. The molecular weight excluding hydrogens is 258 g/mol. The Morgan fingerprint density at radius 1 is 1.40 bits per heavy atom. The number of ether oxygens (including phenoxy) is 1. The zero-order chi connectivity index (χ0) is 14.0. The van der Waals surface area contributed by atoms with E-state index in [-0.39, 0.29) is 5.97 Å². The summed E-state index contributed by atoms with van der Waals surface area (Å²) in [5.41, 5.74) is 0.0715. The van der Waals surface area contributed by atoms with E-state index in [0.717, 1.165) is 12.0 Å². The molecule has 0 amide bonds. The first-order valence-electron chi connectivity index (χ1n) is 6.68. The van der Waals surface area contributed by atoms with Gasteiger partial charge in [0.05, 0.1) is 6.61 Å². The second kappa shape index (κ2) is 5.03. The fourth-order valence-electron chi connectivity index (χ4n) is 2.34. The quantitative estimate of drug-likeness (QED) is 0.794. The number of hydrogen-bond donors (Lipinski definition) is 0. The summed E-state index contributed by atoms with van der Waals surface area (Å²) in [6.45, 7) is 2.15. The Balaban J connectivity index is 1.91. The van der Waals surface area contributed by atoms with Gasteiger partial charge in [0.2, 0.25) is 11.7 Å². The van der Waals surface area contributed by atoms with Crippen LogP contribution in [0.1, 0.15) is 32.1 Å². The lowest BCUT2D eigenvalue weighted by Crippen LogP contribution is -2.44. The van der Waals surface area contributed by atoms with Crippen molar-refractivity contribution >= 4 is 5.97 Å². The van der Waals surface area contributed by atoms with E-state index < -0.39 is 5.41 Å². The molecule has 104 valence electrons. The van der Waals surface area contributed by atoms with Crippen LogP contribution in [0.3, 0.4) is 0 Å². The van der Waals surface area contributed by atoms with Crippen LogP contribution in [0, 0.1) is 0 Å². The Kier molecular flexibility index (Phi) is 3.22. The molecule has 2 aromatic rings. The molecule has 3 rings (SSSR count). The van der Waals surface area contributed by atoms with Gasteiger partial charge >= 0.3 is 5.97 Å². The van der Waals surface area contributed by atoms with Crippen LogP contribution in [0.5, 0.6) is 0 Å². The third kappa shape index (κ3) is 1.97. The van der Waals surface area contributed by atoms with Gasteiger partial charge in [-0.3, -0.25) is 9.78 Å². The maximum absolute atomic E-state index is 12.1. The smallest absolute Gasteiger partial charge is 0.321 e. The number of esters is 1. The average Bonchev–Trinajstić information content (AvgIpc) is 2.89. The van der Waals surface area contributed by atoms with Crippen molar-refractivity contribution in [1.82, 2.24) is 15.1 Å². The number of carbonyl (C=O) groups is 1. The Hall–Kier alpha value is -2.24. The fourth-order valence-corrected chi connectivity index (χ4v) is 2.34. The lowest BCUT2D eigenvalue weighted by molar-refractivity contribution is -0.155. The highest BCUT2D eigenvalue weighted by molar-refractivity contribution is 5.83. The largest absolute Gasteiger partial charge is 0.465 e. The third-order valence-corrected chi connectivity index (χ3v) is 3.65. The van der Waals surface area contributed by atoms with Crippen molar-refractivity contribution in [3.05, 3.63) is 30.4 Å². The first-order chi connectivity index (χ1) is 9.76. The molecule has 0 spiro atoms. The van der Waals surface area contributed by atoms with E-state index in [0.29, 0.717) is 31.2 Å². The van der Waals surface area contributed by atoms with E-state index in [9.17, 15) is 4.79 Å². The Morgan fingerprint density at radius 2 is 2.15 bits per heavy atom. The van der Waals surface area contributed by atoms with Gasteiger partial charge in [-0.2, -0.15) is 4.98 Å². The Morgan fingerprint density at radius 3 is 2.75 bits per heavy atom. The van der Waals surface area contributed by atoms with E-state index in [1.54, 1.807) is 31.5 Å². The molecule has 0 aliphatic heterocycles. The van der Waals surface area contributed by atoms with Crippen molar-refractivity contribution in [3.63, 3.8) is 0 Å². The lowest BCUT2D eigenvalue weighted by atomic mass is 9.68. The van der Waals surface area contributed by atoms with Crippen molar-refractivity contribution in [2.24, 2.45) is 0 Å². The molecule has 0 aromatic carbocycles. The maximum Gasteiger partial charge on any atom is 0.321 e. The van der Waals surface area contributed by atoms with Crippen LogP contribution in [0.4, 0.5) is 0 Å². The minimum Gasteiger partial charge on any atom is -0.465 e. The second-order valence-electron chi connectivity index (χ2n) is 4.82. The van der Waals surface area contributed by atoms with Gasteiger partial charge in [-0.1, -0.05) is 11.6 Å². The number of nitrogens with zero attached hydrogens (tertiary/aromatic N) is 3. The fraction of sp³-hybridized carbons (Fsp3) is 0.429. The number of pyridine rings is 1. The predicted molar refractivity (Wildman–Crippen MR) is 69.7 cm³/mol. The summed E-state index contributed by atoms with van der Waals surface area (Å²) in [4.78, 5) is 20.5. The summed E-state index contributed by atoms with van der Waals surface area (Å²) < 4.78 is 10.5. The zero-order valence-corrected chi connectivity index (χ0v) is 11.2. The average molecular weight is 273 g/mol. The highest BCUT2D eigenvalue weighted by Gasteiger charge is 2.51. The molecule has 1 fully saturated rings. The molecule has 2 aromatic heterocycles. The molecule has 0 radical (unpaired) electrons. The van der Waals surface area contributed by atoms with E-state index in [4.69, 9.17) is 9.26 Å². The van der Waals surface area contributed by atoms with E-state index in [1.807, 2.05) is 0 Å². The summed E-state index contributed by atoms with van der Waals surface area (Å²) >= 11 is 0. The van der Waals surface area contributed by atoms with Gasteiger partial charge in [-0.15, -0.1) is 0 Å². The van der Waals surface area contributed by atoms with Crippen molar-refractivity contribution in [2.75, 3.05) is 6.61 Å². The van der Waals surface area contributed by atoms with Crippen LogP contribution >= 0.6 is 0 Å². The second-order valence-corrected chi connectivity index (χ2v) is 4.82. The van der Waals surface area contributed by atoms with Crippen LogP contribution < -0.4 is 0 Å². The molecule has 0 atom stereocenters. The van der Waals surface area contributed by atoms with Crippen molar-refractivity contribution in [2.45, 2.75) is 31.6 Å². The minimum atomic E-state index is -0.742. The van der Waals surface area contributed by atoms with E-state index in [2.05, 4.69) is 15.1 Å². The van der Waals surface area contributed by atoms with E-state index >= 15 is 0 Å². The zero-order valence-electron chi connectivity index (χ0n) is 11.2. The first-order valence-corrected chi connectivity index (χ1v) is 6.68. The summed E-state index contributed by atoms with van der Waals surface area (Å²) in [7, 11) is 0.